The van der Waals surface area contributed by atoms with Crippen LogP contribution in [0.15, 0.2) is 16.0 Å². The maximum absolute atomic E-state index is 11.7. The van der Waals surface area contributed by atoms with Crippen LogP contribution >= 0.6 is 23.1 Å². The quantitative estimate of drug-likeness (QED) is 0.496. The molecule has 2 aromatic heterocycles. The Morgan fingerprint density at radius 1 is 1.62 bits per heavy atom. The summed E-state index contributed by atoms with van der Waals surface area (Å²) in [6, 6.07) is 1.88. The number of rotatable bonds is 4. The van der Waals surface area contributed by atoms with Crippen LogP contribution in [0.5, 0.6) is 0 Å². The molecule has 0 aromatic carbocycles. The summed E-state index contributed by atoms with van der Waals surface area (Å²) in [6.07, 6.45) is 0.926. The van der Waals surface area contributed by atoms with E-state index in [0.29, 0.717) is 17.1 Å². The molecule has 2 heterocycles. The van der Waals surface area contributed by atoms with Crippen molar-refractivity contribution in [1.82, 2.24) is 9.97 Å². The van der Waals surface area contributed by atoms with Crippen molar-refractivity contribution in [3.63, 3.8) is 0 Å². The lowest BCUT2D eigenvalue weighted by atomic mass is 10.4. The highest BCUT2D eigenvalue weighted by atomic mass is 32.2. The third-order valence-corrected chi connectivity index (χ3v) is 4.00. The van der Waals surface area contributed by atoms with Gasteiger partial charge < -0.3 is 10.7 Å². The molecule has 0 radical (unpaired) electrons. The second-order valence-electron chi connectivity index (χ2n) is 3.44. The topological polar surface area (TPSA) is 71.8 Å². The first-order chi connectivity index (χ1) is 7.70. The van der Waals surface area contributed by atoms with Gasteiger partial charge in [-0.15, -0.1) is 11.3 Å². The molecule has 0 unspecified atom stereocenters. The van der Waals surface area contributed by atoms with Crippen molar-refractivity contribution in [1.29, 1.82) is 0 Å². The number of thiophene rings is 1. The predicted octanol–water partition coefficient (Wildman–Crippen LogP) is 1.73. The van der Waals surface area contributed by atoms with E-state index in [0.717, 1.165) is 21.9 Å². The van der Waals surface area contributed by atoms with E-state index >= 15 is 0 Å². The Morgan fingerprint density at radius 3 is 3.19 bits per heavy atom. The Hall–Kier alpha value is -0.850. The number of nitrogens with two attached hydrogens (primary N) is 1. The minimum atomic E-state index is -0.0513. The third-order valence-electron chi connectivity index (χ3n) is 2.09. The lowest BCUT2D eigenvalue weighted by molar-refractivity contribution is 0.929. The third kappa shape index (κ3) is 2.45. The predicted molar refractivity (Wildman–Crippen MR) is 69.4 cm³/mol. The van der Waals surface area contributed by atoms with Gasteiger partial charge in [0.15, 0.2) is 5.16 Å². The smallest absolute Gasteiger partial charge is 0.260 e. The van der Waals surface area contributed by atoms with Gasteiger partial charge in [0, 0.05) is 10.6 Å². The fourth-order valence-electron chi connectivity index (χ4n) is 1.35. The van der Waals surface area contributed by atoms with Gasteiger partial charge in [0.05, 0.1) is 5.39 Å². The van der Waals surface area contributed by atoms with Gasteiger partial charge in [-0.3, -0.25) is 4.79 Å². The monoisotopic (exact) mass is 255 g/mol. The molecule has 0 aliphatic carbocycles. The van der Waals surface area contributed by atoms with E-state index in [9.17, 15) is 4.79 Å². The molecule has 0 saturated carbocycles. The molecule has 16 heavy (non-hydrogen) atoms. The SMILES string of the molecule is Cc1cc2c(=O)[nH]c(SCCCN)nc2s1. The minimum Gasteiger partial charge on any atom is -0.330 e. The molecule has 0 amide bonds. The van der Waals surface area contributed by atoms with Crippen molar-refractivity contribution in [2.75, 3.05) is 12.3 Å². The zero-order chi connectivity index (χ0) is 11.5. The van der Waals surface area contributed by atoms with Crippen LogP contribution in [-0.2, 0) is 0 Å². The zero-order valence-corrected chi connectivity index (χ0v) is 10.6. The zero-order valence-electron chi connectivity index (χ0n) is 8.95. The van der Waals surface area contributed by atoms with Gasteiger partial charge >= 0.3 is 0 Å². The highest BCUT2D eigenvalue weighted by molar-refractivity contribution is 7.99. The maximum atomic E-state index is 11.7. The van der Waals surface area contributed by atoms with Crippen LogP contribution in [-0.4, -0.2) is 22.3 Å². The van der Waals surface area contributed by atoms with Crippen LogP contribution in [0.4, 0.5) is 0 Å². The molecule has 0 aliphatic rings. The minimum absolute atomic E-state index is 0.0513. The molecule has 0 aliphatic heterocycles. The number of aromatic amines is 1. The standard InChI is InChI=1S/C10H13N3OS2/c1-6-5-7-8(14)12-10(13-9(7)16-6)15-4-2-3-11/h5H,2-4,11H2,1H3,(H,12,13,14). The van der Waals surface area contributed by atoms with Crippen molar-refractivity contribution in [3.8, 4) is 0 Å². The lowest BCUT2D eigenvalue weighted by Gasteiger charge is -1.99. The van der Waals surface area contributed by atoms with E-state index in [-0.39, 0.29) is 5.56 Å². The Labute approximate surface area is 101 Å². The molecule has 2 rings (SSSR count). The largest absolute Gasteiger partial charge is 0.330 e. The molecule has 0 bridgehead atoms. The normalized spacial score (nSPS) is 11.1. The average Bonchev–Trinajstić information content (AvgIpc) is 2.60. The van der Waals surface area contributed by atoms with E-state index in [1.165, 1.54) is 0 Å². The molecule has 0 spiro atoms. The maximum Gasteiger partial charge on any atom is 0.260 e. The molecular weight excluding hydrogens is 242 g/mol. The Bertz CT molecular complexity index is 546. The fraction of sp³-hybridized carbons (Fsp3) is 0.400. The van der Waals surface area contributed by atoms with Gasteiger partial charge in [-0.25, -0.2) is 4.98 Å². The molecule has 0 saturated heterocycles. The summed E-state index contributed by atoms with van der Waals surface area (Å²) in [5.41, 5.74) is 5.36. The molecule has 2 aromatic rings. The summed E-state index contributed by atoms with van der Waals surface area (Å²) in [6.45, 7) is 2.64. The summed E-state index contributed by atoms with van der Waals surface area (Å²) in [4.78, 5) is 20.8. The first kappa shape index (κ1) is 11.6. The van der Waals surface area contributed by atoms with Crippen molar-refractivity contribution in [3.05, 3.63) is 21.3 Å². The first-order valence-electron chi connectivity index (χ1n) is 5.04. The molecular formula is C10H13N3OS2. The summed E-state index contributed by atoms with van der Waals surface area (Å²) < 4.78 is 0. The number of H-pyrrole nitrogens is 1. The van der Waals surface area contributed by atoms with Crippen LogP contribution in [0, 0.1) is 6.92 Å². The summed E-state index contributed by atoms with van der Waals surface area (Å²) in [5.74, 6) is 0.884. The highest BCUT2D eigenvalue weighted by Crippen LogP contribution is 2.22. The van der Waals surface area contributed by atoms with Crippen LogP contribution < -0.4 is 11.3 Å². The average molecular weight is 255 g/mol. The molecule has 86 valence electrons. The number of hydrogen-bond donors (Lipinski definition) is 2. The first-order valence-corrected chi connectivity index (χ1v) is 6.84. The van der Waals surface area contributed by atoms with Gasteiger partial charge in [-0.05, 0) is 26.0 Å². The molecule has 3 N–H and O–H groups in total. The van der Waals surface area contributed by atoms with Crippen LogP contribution in [0.25, 0.3) is 10.2 Å². The lowest BCUT2D eigenvalue weighted by Crippen LogP contribution is -2.08. The van der Waals surface area contributed by atoms with Crippen molar-refractivity contribution in [2.45, 2.75) is 18.5 Å². The summed E-state index contributed by atoms with van der Waals surface area (Å²) in [7, 11) is 0. The molecule has 6 heteroatoms. The fourth-order valence-corrected chi connectivity index (χ4v) is 3.12. The molecule has 0 atom stereocenters. The Kier molecular flexibility index (Phi) is 3.63. The van der Waals surface area contributed by atoms with Crippen molar-refractivity contribution < 1.29 is 0 Å². The second-order valence-corrected chi connectivity index (χ2v) is 5.76. The molecule has 0 fully saturated rings. The van der Waals surface area contributed by atoms with Crippen LogP contribution in [0.2, 0.25) is 0 Å². The number of thioether (sulfide) groups is 1. The van der Waals surface area contributed by atoms with E-state index in [2.05, 4.69) is 9.97 Å². The van der Waals surface area contributed by atoms with Crippen molar-refractivity contribution >= 4 is 33.3 Å². The highest BCUT2D eigenvalue weighted by Gasteiger charge is 2.06. The van der Waals surface area contributed by atoms with E-state index < -0.39 is 0 Å². The van der Waals surface area contributed by atoms with Gasteiger partial charge in [0.25, 0.3) is 5.56 Å². The number of aryl methyl sites for hydroxylation is 1. The summed E-state index contributed by atoms with van der Waals surface area (Å²) in [5, 5.41) is 1.37. The number of aromatic nitrogens is 2. The molecule has 4 nitrogen and oxygen atoms in total. The van der Waals surface area contributed by atoms with Gasteiger partial charge in [0.1, 0.15) is 4.83 Å². The Balaban J connectivity index is 2.30. The van der Waals surface area contributed by atoms with E-state index in [1.807, 2.05) is 13.0 Å². The number of nitrogens with zero attached hydrogens (tertiary/aromatic N) is 1. The van der Waals surface area contributed by atoms with E-state index in [4.69, 9.17) is 5.73 Å². The number of hydrogen-bond acceptors (Lipinski definition) is 5. The van der Waals surface area contributed by atoms with Gasteiger partial charge in [0.2, 0.25) is 0 Å². The van der Waals surface area contributed by atoms with Gasteiger partial charge in [-0.2, -0.15) is 0 Å². The summed E-state index contributed by atoms with van der Waals surface area (Å²) >= 11 is 3.09. The van der Waals surface area contributed by atoms with Crippen molar-refractivity contribution in [2.24, 2.45) is 5.73 Å². The Morgan fingerprint density at radius 2 is 2.44 bits per heavy atom. The van der Waals surface area contributed by atoms with Gasteiger partial charge in [-0.1, -0.05) is 11.8 Å². The number of nitrogens with one attached hydrogen (secondary N) is 1. The second kappa shape index (κ2) is 4.99. The van der Waals surface area contributed by atoms with E-state index in [1.54, 1.807) is 23.1 Å². The van der Waals surface area contributed by atoms with Crippen LogP contribution in [0.1, 0.15) is 11.3 Å². The number of fused-ring (bicyclic) bond motifs is 1. The van der Waals surface area contributed by atoms with Crippen LogP contribution in [0.3, 0.4) is 0 Å².